The molecule has 1 aliphatic heterocycles. The van der Waals surface area contributed by atoms with Gasteiger partial charge in [0.15, 0.2) is 0 Å². The molecule has 1 aliphatic carbocycles. The number of para-hydroxylation sites is 2. The summed E-state index contributed by atoms with van der Waals surface area (Å²) in [5.41, 5.74) is 7.08. The van der Waals surface area contributed by atoms with Crippen molar-refractivity contribution in [3.63, 3.8) is 0 Å². The van der Waals surface area contributed by atoms with Gasteiger partial charge in [0, 0.05) is 5.41 Å². The maximum atomic E-state index is 13.2. The second-order valence-electron chi connectivity index (χ2n) is 11.6. The normalized spacial score (nSPS) is 15.2. The Kier molecular flexibility index (Phi) is 6.80. The standard InChI is InChI=1S/C35H33NO4Se/c1-20(2)39-31-17-30(36-28-13-9-7-11-26(28)35(5,6)27-12-8-10-14-29(27)36)32(40-21(3)4)16-22(31)15-23-33(37)24-18-41-19-25(24)34(23)38/h7-21H,1-6H3. The predicted molar refractivity (Wildman–Crippen MR) is 165 cm³/mol. The summed E-state index contributed by atoms with van der Waals surface area (Å²) in [7, 11) is 0. The number of allylic oxidation sites excluding steroid dienone is 1. The summed E-state index contributed by atoms with van der Waals surface area (Å²) in [4.78, 5) is 32.4. The molecule has 5 nitrogen and oxygen atoms in total. The number of hydrogen-bond donors (Lipinski definition) is 0. The fourth-order valence-corrected chi connectivity index (χ4v) is 7.51. The molecule has 4 aromatic rings. The van der Waals surface area contributed by atoms with E-state index in [9.17, 15) is 9.59 Å². The molecule has 0 radical (unpaired) electrons. The van der Waals surface area contributed by atoms with Crippen LogP contribution in [0.25, 0.3) is 6.08 Å². The number of fused-ring (bicyclic) bond motifs is 3. The molecule has 3 aromatic carbocycles. The number of rotatable bonds is 6. The first-order chi connectivity index (χ1) is 19.6. The predicted octanol–water partition coefficient (Wildman–Crippen LogP) is 7.89. The van der Waals surface area contributed by atoms with Crippen LogP contribution in [0.4, 0.5) is 17.1 Å². The summed E-state index contributed by atoms with van der Waals surface area (Å²) < 4.78 is 12.8. The molecular weight excluding hydrogens is 577 g/mol. The average molecular weight is 611 g/mol. The summed E-state index contributed by atoms with van der Waals surface area (Å²) >= 11 is 0.0585. The molecule has 41 heavy (non-hydrogen) atoms. The van der Waals surface area contributed by atoms with Crippen molar-refractivity contribution in [3.8, 4) is 11.5 Å². The Bertz CT molecular complexity index is 1640. The van der Waals surface area contributed by atoms with Gasteiger partial charge in [0.05, 0.1) is 0 Å². The minimum atomic E-state index is -0.215. The number of anilines is 3. The number of ether oxygens (including phenoxy) is 2. The molecule has 2 aliphatic rings. The zero-order valence-corrected chi connectivity index (χ0v) is 25.9. The van der Waals surface area contributed by atoms with Gasteiger partial charge in [0.1, 0.15) is 0 Å². The molecule has 0 fully saturated rings. The second-order valence-corrected chi connectivity index (χ2v) is 13.2. The molecule has 0 saturated heterocycles. The van der Waals surface area contributed by atoms with Crippen LogP contribution < -0.4 is 14.4 Å². The number of Topliss-reactive ketones (excluding diaryl/α,β-unsaturated/α-hetero) is 2. The molecule has 2 heterocycles. The topological polar surface area (TPSA) is 55.8 Å². The Morgan fingerprint density at radius 1 is 0.732 bits per heavy atom. The molecule has 0 spiro atoms. The van der Waals surface area contributed by atoms with Crippen LogP contribution in [0.3, 0.4) is 0 Å². The third-order valence-corrected chi connectivity index (χ3v) is 9.19. The molecule has 6 rings (SSSR count). The van der Waals surface area contributed by atoms with E-state index in [-0.39, 0.29) is 49.3 Å². The van der Waals surface area contributed by atoms with Crippen LogP contribution in [-0.4, -0.2) is 38.3 Å². The fourth-order valence-electron chi connectivity index (χ4n) is 5.81. The zero-order chi connectivity index (χ0) is 29.1. The van der Waals surface area contributed by atoms with E-state index in [1.807, 2.05) is 49.7 Å². The zero-order valence-electron chi connectivity index (χ0n) is 24.1. The third-order valence-electron chi connectivity index (χ3n) is 7.63. The van der Waals surface area contributed by atoms with Gasteiger partial charge in [0.25, 0.3) is 0 Å². The van der Waals surface area contributed by atoms with Crippen molar-refractivity contribution >= 4 is 49.2 Å². The van der Waals surface area contributed by atoms with Gasteiger partial charge in [0.2, 0.25) is 0 Å². The Morgan fingerprint density at radius 2 is 1.24 bits per heavy atom. The number of nitrogens with zero attached hydrogens (tertiary/aromatic N) is 1. The first kappa shape index (κ1) is 27.3. The summed E-state index contributed by atoms with van der Waals surface area (Å²) in [6.07, 6.45) is 1.44. The quantitative estimate of drug-likeness (QED) is 0.126. The van der Waals surface area contributed by atoms with Crippen molar-refractivity contribution < 1.29 is 19.1 Å². The van der Waals surface area contributed by atoms with Gasteiger partial charge in [-0.2, -0.15) is 0 Å². The van der Waals surface area contributed by atoms with Crippen LogP contribution in [-0.2, 0) is 5.41 Å². The monoisotopic (exact) mass is 611 g/mol. The van der Waals surface area contributed by atoms with E-state index in [0.29, 0.717) is 28.2 Å². The van der Waals surface area contributed by atoms with Crippen LogP contribution in [0.1, 0.15) is 78.9 Å². The SMILES string of the molecule is CC(C)Oc1cc(N2c3ccccc3C(C)(C)c3ccccc32)c(OC(C)C)cc1C=C1C(=O)c2c[se]cc2C1=O. The number of benzene rings is 3. The Labute approximate surface area is 247 Å². The number of hydrogen-bond acceptors (Lipinski definition) is 5. The molecular formula is C35H33NO4Se. The van der Waals surface area contributed by atoms with E-state index in [4.69, 9.17) is 9.47 Å². The van der Waals surface area contributed by atoms with Crippen LogP contribution >= 0.6 is 0 Å². The molecule has 0 unspecified atom stereocenters. The molecule has 0 bridgehead atoms. The van der Waals surface area contributed by atoms with E-state index in [2.05, 4.69) is 67.3 Å². The molecule has 0 amide bonds. The van der Waals surface area contributed by atoms with Crippen molar-refractivity contribution in [2.24, 2.45) is 0 Å². The number of carbonyl (C=O) groups is 2. The van der Waals surface area contributed by atoms with E-state index in [1.54, 1.807) is 6.08 Å². The van der Waals surface area contributed by atoms with Gasteiger partial charge in [-0.3, -0.25) is 0 Å². The third kappa shape index (κ3) is 4.56. The minimum absolute atomic E-state index is 0.0585. The van der Waals surface area contributed by atoms with Gasteiger partial charge in [-0.1, -0.05) is 50.2 Å². The molecule has 0 atom stereocenters. The van der Waals surface area contributed by atoms with Gasteiger partial charge in [-0.05, 0) is 0 Å². The molecule has 208 valence electrons. The summed E-state index contributed by atoms with van der Waals surface area (Å²) in [6, 6.07) is 20.8. The van der Waals surface area contributed by atoms with E-state index < -0.39 is 0 Å². The van der Waals surface area contributed by atoms with E-state index in [0.717, 1.165) is 17.1 Å². The van der Waals surface area contributed by atoms with Crippen LogP contribution in [0, 0.1) is 0 Å². The fraction of sp³-hybridized carbons (Fsp3) is 0.257. The first-order valence-electron chi connectivity index (χ1n) is 14.0. The summed E-state index contributed by atoms with van der Waals surface area (Å²) in [5.74, 6) is 0.802. The van der Waals surface area contributed by atoms with Crippen LogP contribution in [0.15, 0.2) is 76.1 Å². The van der Waals surface area contributed by atoms with Gasteiger partial charge in [-0.15, -0.1) is 0 Å². The first-order valence-corrected chi connectivity index (χ1v) is 15.9. The van der Waals surface area contributed by atoms with Crippen molar-refractivity contribution in [2.75, 3.05) is 4.90 Å². The number of ketones is 2. The summed E-state index contributed by atoms with van der Waals surface area (Å²) in [6.45, 7) is 12.4. The van der Waals surface area contributed by atoms with Gasteiger partial charge in [-0.25, -0.2) is 0 Å². The van der Waals surface area contributed by atoms with Crippen molar-refractivity contribution in [1.82, 2.24) is 0 Å². The van der Waals surface area contributed by atoms with E-state index >= 15 is 0 Å². The molecule has 0 N–H and O–H groups in total. The Hall–Kier alpha value is -3.86. The van der Waals surface area contributed by atoms with Crippen LogP contribution in [0.2, 0.25) is 0 Å². The van der Waals surface area contributed by atoms with Crippen molar-refractivity contribution in [2.45, 2.75) is 59.2 Å². The Balaban J connectivity index is 1.59. The van der Waals surface area contributed by atoms with Gasteiger partial charge < -0.3 is 0 Å². The van der Waals surface area contributed by atoms with Crippen LogP contribution in [0.5, 0.6) is 11.5 Å². The maximum absolute atomic E-state index is 13.2. The van der Waals surface area contributed by atoms with Crippen molar-refractivity contribution in [1.29, 1.82) is 0 Å². The van der Waals surface area contributed by atoms with Crippen molar-refractivity contribution in [3.05, 3.63) is 104 Å². The van der Waals surface area contributed by atoms with Gasteiger partial charge >= 0.3 is 192 Å². The molecule has 1 aromatic heterocycles. The number of carbonyl (C=O) groups excluding carboxylic acids is 2. The second kappa shape index (κ2) is 10.2. The average Bonchev–Trinajstić information content (AvgIpc) is 3.50. The molecule has 0 saturated carbocycles. The van der Waals surface area contributed by atoms with E-state index in [1.165, 1.54) is 11.1 Å². The Morgan fingerprint density at radius 3 is 1.78 bits per heavy atom. The molecule has 6 heteroatoms. The summed E-state index contributed by atoms with van der Waals surface area (Å²) in [5, 5.41) is 0.